The number of hydrogen-bond donors (Lipinski definition) is 1. The Morgan fingerprint density at radius 1 is 1.32 bits per heavy atom. The molecule has 1 atom stereocenters. The molecule has 0 aliphatic rings. The summed E-state index contributed by atoms with van der Waals surface area (Å²) >= 11 is 0. The van der Waals surface area contributed by atoms with Crippen molar-refractivity contribution in [3.8, 4) is 5.75 Å². The van der Waals surface area contributed by atoms with E-state index < -0.39 is 5.97 Å². The first kappa shape index (κ1) is 15.0. The number of carboxylic acids is 1. The quantitative estimate of drug-likeness (QED) is 0.850. The highest BCUT2D eigenvalue weighted by Gasteiger charge is 2.18. The van der Waals surface area contributed by atoms with Crippen molar-refractivity contribution in [3.05, 3.63) is 29.8 Å². The van der Waals surface area contributed by atoms with Gasteiger partial charge in [-0.2, -0.15) is 0 Å². The third-order valence-corrected chi connectivity index (χ3v) is 2.91. The minimum absolute atomic E-state index is 0.0766. The maximum absolute atomic E-state index is 11.8. The van der Waals surface area contributed by atoms with E-state index in [0.717, 1.165) is 5.56 Å². The number of rotatable bonds is 6. The first-order valence-corrected chi connectivity index (χ1v) is 6.07. The number of hydrogen-bond acceptors (Lipinski definition) is 3. The third kappa shape index (κ3) is 4.99. The van der Waals surface area contributed by atoms with Crippen LogP contribution in [0.1, 0.15) is 18.9 Å². The molecule has 19 heavy (non-hydrogen) atoms. The Labute approximate surface area is 112 Å². The average Bonchev–Trinajstić information content (AvgIpc) is 2.36. The zero-order valence-electron chi connectivity index (χ0n) is 11.4. The fourth-order valence-electron chi connectivity index (χ4n) is 1.52. The number of amides is 1. The van der Waals surface area contributed by atoms with E-state index in [2.05, 4.69) is 0 Å². The number of likely N-dealkylation sites (N-methyl/N-ethyl adjacent to an activating group) is 1. The van der Waals surface area contributed by atoms with Gasteiger partial charge in [0.1, 0.15) is 5.75 Å². The molecule has 0 saturated carbocycles. The lowest BCUT2D eigenvalue weighted by Gasteiger charge is -2.23. The summed E-state index contributed by atoms with van der Waals surface area (Å²) in [6, 6.07) is 7.03. The van der Waals surface area contributed by atoms with Crippen LogP contribution in [0, 0.1) is 6.92 Å². The molecular formula is C14H19NO4. The van der Waals surface area contributed by atoms with Gasteiger partial charge in [-0.05, 0) is 26.0 Å². The molecule has 104 valence electrons. The molecule has 5 heteroatoms. The van der Waals surface area contributed by atoms with Crippen molar-refractivity contribution in [2.24, 2.45) is 0 Å². The molecule has 0 aromatic heterocycles. The van der Waals surface area contributed by atoms with Crippen LogP contribution in [-0.4, -0.2) is 41.6 Å². The summed E-state index contributed by atoms with van der Waals surface area (Å²) in [5, 5.41) is 8.68. The highest BCUT2D eigenvalue weighted by molar-refractivity contribution is 5.78. The van der Waals surface area contributed by atoms with Gasteiger partial charge in [0.2, 0.25) is 0 Å². The van der Waals surface area contributed by atoms with Crippen molar-refractivity contribution in [1.82, 2.24) is 4.90 Å². The zero-order chi connectivity index (χ0) is 14.4. The van der Waals surface area contributed by atoms with Crippen molar-refractivity contribution in [3.63, 3.8) is 0 Å². The van der Waals surface area contributed by atoms with Crippen molar-refractivity contribution in [2.45, 2.75) is 26.3 Å². The Hall–Kier alpha value is -2.04. The summed E-state index contributed by atoms with van der Waals surface area (Å²) < 4.78 is 5.36. The van der Waals surface area contributed by atoms with Crippen LogP contribution < -0.4 is 4.74 Å². The van der Waals surface area contributed by atoms with E-state index in [1.807, 2.05) is 19.1 Å². The van der Waals surface area contributed by atoms with Crippen molar-refractivity contribution < 1.29 is 19.4 Å². The van der Waals surface area contributed by atoms with Gasteiger partial charge in [-0.25, -0.2) is 0 Å². The highest BCUT2D eigenvalue weighted by Crippen LogP contribution is 2.11. The molecule has 0 aliphatic heterocycles. The lowest BCUT2D eigenvalue weighted by Crippen LogP contribution is -2.39. The smallest absolute Gasteiger partial charge is 0.305 e. The van der Waals surface area contributed by atoms with Crippen LogP contribution in [0.3, 0.4) is 0 Å². The summed E-state index contributed by atoms with van der Waals surface area (Å²) in [5.74, 6) is -0.542. The van der Waals surface area contributed by atoms with E-state index in [1.165, 1.54) is 4.90 Å². The van der Waals surface area contributed by atoms with Crippen LogP contribution in [0.4, 0.5) is 0 Å². The van der Waals surface area contributed by atoms with Gasteiger partial charge in [0.05, 0.1) is 6.42 Å². The molecule has 0 spiro atoms. The molecule has 1 aromatic rings. The largest absolute Gasteiger partial charge is 0.484 e. The predicted molar refractivity (Wildman–Crippen MR) is 71.2 cm³/mol. The highest BCUT2D eigenvalue weighted by atomic mass is 16.5. The molecular weight excluding hydrogens is 246 g/mol. The molecule has 0 radical (unpaired) electrons. The summed E-state index contributed by atoms with van der Waals surface area (Å²) in [6.07, 6.45) is -0.0766. The van der Waals surface area contributed by atoms with E-state index in [9.17, 15) is 9.59 Å². The van der Waals surface area contributed by atoms with Gasteiger partial charge in [0.15, 0.2) is 6.61 Å². The normalized spacial score (nSPS) is 11.7. The molecule has 1 amide bonds. The van der Waals surface area contributed by atoms with E-state index in [4.69, 9.17) is 9.84 Å². The number of aliphatic carboxylic acids is 1. The number of carbonyl (C=O) groups excluding carboxylic acids is 1. The predicted octanol–water partition coefficient (Wildman–Crippen LogP) is 1.70. The second-order valence-corrected chi connectivity index (χ2v) is 4.55. The summed E-state index contributed by atoms with van der Waals surface area (Å²) in [4.78, 5) is 23.8. The molecule has 0 bridgehead atoms. The Morgan fingerprint density at radius 2 is 1.89 bits per heavy atom. The number of carbonyl (C=O) groups is 2. The van der Waals surface area contributed by atoms with Gasteiger partial charge in [-0.3, -0.25) is 9.59 Å². The molecule has 0 fully saturated rings. The minimum atomic E-state index is -0.924. The lowest BCUT2D eigenvalue weighted by atomic mass is 10.2. The van der Waals surface area contributed by atoms with Crippen molar-refractivity contribution in [1.29, 1.82) is 0 Å². The Kier molecular flexibility index (Phi) is 5.36. The molecule has 1 N–H and O–H groups in total. The molecule has 0 heterocycles. The molecule has 0 saturated heterocycles. The maximum Gasteiger partial charge on any atom is 0.305 e. The first-order valence-electron chi connectivity index (χ1n) is 6.07. The van der Waals surface area contributed by atoms with Crippen LogP contribution in [0.15, 0.2) is 24.3 Å². The van der Waals surface area contributed by atoms with Crippen LogP contribution in [0.5, 0.6) is 5.75 Å². The summed E-state index contributed by atoms with van der Waals surface area (Å²) in [5.41, 5.74) is 1.12. The third-order valence-electron chi connectivity index (χ3n) is 2.91. The zero-order valence-corrected chi connectivity index (χ0v) is 11.4. The summed E-state index contributed by atoms with van der Waals surface area (Å²) in [7, 11) is 1.58. The van der Waals surface area contributed by atoms with E-state index in [-0.39, 0.29) is 25.0 Å². The lowest BCUT2D eigenvalue weighted by molar-refractivity contribution is -0.140. The van der Waals surface area contributed by atoms with Crippen molar-refractivity contribution in [2.75, 3.05) is 13.7 Å². The van der Waals surface area contributed by atoms with E-state index >= 15 is 0 Å². The van der Waals surface area contributed by atoms with Gasteiger partial charge in [-0.1, -0.05) is 17.7 Å². The van der Waals surface area contributed by atoms with Crippen LogP contribution in [0.25, 0.3) is 0 Å². The van der Waals surface area contributed by atoms with Crippen LogP contribution in [-0.2, 0) is 9.59 Å². The van der Waals surface area contributed by atoms with Crippen LogP contribution >= 0.6 is 0 Å². The van der Waals surface area contributed by atoms with Gasteiger partial charge >= 0.3 is 5.97 Å². The Bertz CT molecular complexity index is 441. The standard InChI is InChI=1S/C14H19NO4/c1-10-4-6-12(7-5-10)19-9-13(16)15(3)11(2)8-14(17)18/h4-7,11H,8-9H2,1-3H3,(H,17,18). The molecule has 1 unspecified atom stereocenters. The second-order valence-electron chi connectivity index (χ2n) is 4.55. The monoisotopic (exact) mass is 265 g/mol. The first-order chi connectivity index (χ1) is 8.90. The average molecular weight is 265 g/mol. The maximum atomic E-state index is 11.8. The second kappa shape index (κ2) is 6.78. The fraction of sp³-hybridized carbons (Fsp3) is 0.429. The minimum Gasteiger partial charge on any atom is -0.484 e. The van der Waals surface area contributed by atoms with Gasteiger partial charge in [0, 0.05) is 13.1 Å². The van der Waals surface area contributed by atoms with Crippen molar-refractivity contribution >= 4 is 11.9 Å². The Morgan fingerprint density at radius 3 is 2.42 bits per heavy atom. The fourth-order valence-corrected chi connectivity index (χ4v) is 1.52. The summed E-state index contributed by atoms with van der Waals surface area (Å²) in [6.45, 7) is 3.57. The van der Waals surface area contributed by atoms with Gasteiger partial charge in [-0.15, -0.1) is 0 Å². The SMILES string of the molecule is Cc1ccc(OCC(=O)N(C)C(C)CC(=O)O)cc1. The molecule has 1 rings (SSSR count). The topological polar surface area (TPSA) is 66.8 Å². The number of aryl methyl sites for hydroxylation is 1. The number of benzene rings is 1. The molecule has 5 nitrogen and oxygen atoms in total. The molecule has 0 aliphatic carbocycles. The van der Waals surface area contributed by atoms with Gasteiger partial charge < -0.3 is 14.7 Å². The van der Waals surface area contributed by atoms with Gasteiger partial charge in [0.25, 0.3) is 5.91 Å². The Balaban J connectivity index is 2.46. The molecule has 1 aromatic carbocycles. The van der Waals surface area contributed by atoms with E-state index in [0.29, 0.717) is 5.75 Å². The number of carboxylic acid groups (broad SMARTS) is 1. The number of nitrogens with zero attached hydrogens (tertiary/aromatic N) is 1. The number of ether oxygens (including phenoxy) is 1. The van der Waals surface area contributed by atoms with Crippen LogP contribution in [0.2, 0.25) is 0 Å². The van der Waals surface area contributed by atoms with E-state index in [1.54, 1.807) is 26.1 Å².